The summed E-state index contributed by atoms with van der Waals surface area (Å²) in [5.74, 6) is 0. The average molecular weight is 230 g/mol. The minimum atomic E-state index is -0.240. The number of aliphatic hydroxyl groups is 1. The fourth-order valence-electron chi connectivity index (χ4n) is 0.911. The zero-order valence-electron chi connectivity index (χ0n) is 7.00. The third-order valence-electron chi connectivity index (χ3n) is 1.61. The average Bonchev–Trinajstić information content (AvgIpc) is 2.03. The molecule has 0 unspecified atom stereocenters. The van der Waals surface area contributed by atoms with Crippen molar-refractivity contribution in [3.8, 4) is 0 Å². The molecule has 0 saturated heterocycles. The molecule has 12 heavy (non-hydrogen) atoms. The molecule has 2 nitrogen and oxygen atoms in total. The van der Waals surface area contributed by atoms with E-state index < -0.39 is 0 Å². The van der Waals surface area contributed by atoms with Gasteiger partial charge in [-0.3, -0.25) is 4.98 Å². The highest BCUT2D eigenvalue weighted by Crippen LogP contribution is 2.09. The van der Waals surface area contributed by atoms with Crippen molar-refractivity contribution in [2.24, 2.45) is 0 Å². The minimum absolute atomic E-state index is 0.240. The number of pyridine rings is 1. The lowest BCUT2D eigenvalue weighted by Crippen LogP contribution is -2.02. The van der Waals surface area contributed by atoms with Crippen LogP contribution in [-0.2, 0) is 6.42 Å². The first-order valence-corrected chi connectivity index (χ1v) is 4.76. The Kier molecular flexibility index (Phi) is 3.69. The van der Waals surface area contributed by atoms with Gasteiger partial charge in [0, 0.05) is 16.4 Å². The van der Waals surface area contributed by atoms with Gasteiger partial charge < -0.3 is 5.11 Å². The lowest BCUT2D eigenvalue weighted by molar-refractivity contribution is 0.184. The second-order valence-electron chi connectivity index (χ2n) is 2.86. The first kappa shape index (κ1) is 9.68. The van der Waals surface area contributed by atoms with Crippen LogP contribution in [0.5, 0.6) is 0 Å². The summed E-state index contributed by atoms with van der Waals surface area (Å²) in [5, 5.41) is 9.03. The maximum atomic E-state index is 9.03. The van der Waals surface area contributed by atoms with Crippen molar-refractivity contribution in [2.75, 3.05) is 0 Å². The molecule has 1 N–H and O–H groups in total. The van der Waals surface area contributed by atoms with Gasteiger partial charge in [-0.2, -0.15) is 0 Å². The number of halogens is 1. The Morgan fingerprint density at radius 3 is 2.83 bits per heavy atom. The molecule has 0 aliphatic carbocycles. The Morgan fingerprint density at radius 1 is 1.58 bits per heavy atom. The molecule has 0 amide bonds. The molecular weight excluding hydrogens is 218 g/mol. The standard InChI is InChI=1S/C9H12BrNO/c1-7(12)2-4-9-5-3-8(10)6-11-9/h3,5-7,12H,2,4H2,1H3/t7-/m0/s1. The van der Waals surface area contributed by atoms with Gasteiger partial charge in [-0.1, -0.05) is 0 Å². The molecule has 0 bridgehead atoms. The third kappa shape index (κ3) is 3.32. The van der Waals surface area contributed by atoms with E-state index in [4.69, 9.17) is 5.11 Å². The number of aryl methyl sites for hydroxylation is 1. The molecule has 0 saturated carbocycles. The summed E-state index contributed by atoms with van der Waals surface area (Å²) in [6, 6.07) is 3.93. The molecule has 1 aromatic heterocycles. The van der Waals surface area contributed by atoms with Crippen LogP contribution in [0.2, 0.25) is 0 Å². The summed E-state index contributed by atoms with van der Waals surface area (Å²) in [7, 11) is 0. The molecule has 0 aliphatic heterocycles. The summed E-state index contributed by atoms with van der Waals surface area (Å²) in [5.41, 5.74) is 1.03. The van der Waals surface area contributed by atoms with Crippen molar-refractivity contribution < 1.29 is 5.11 Å². The molecule has 0 fully saturated rings. The van der Waals surface area contributed by atoms with Gasteiger partial charge >= 0.3 is 0 Å². The predicted octanol–water partition coefficient (Wildman–Crippen LogP) is 2.16. The van der Waals surface area contributed by atoms with E-state index in [1.165, 1.54) is 0 Å². The molecule has 1 atom stereocenters. The van der Waals surface area contributed by atoms with Gasteiger partial charge in [-0.05, 0) is 47.8 Å². The van der Waals surface area contributed by atoms with Gasteiger partial charge in [0.05, 0.1) is 6.10 Å². The highest BCUT2D eigenvalue weighted by atomic mass is 79.9. The second-order valence-corrected chi connectivity index (χ2v) is 3.77. The van der Waals surface area contributed by atoms with Gasteiger partial charge in [0.25, 0.3) is 0 Å². The molecule has 66 valence electrons. The molecule has 1 aromatic rings. The van der Waals surface area contributed by atoms with E-state index in [1.54, 1.807) is 13.1 Å². The lowest BCUT2D eigenvalue weighted by atomic mass is 10.1. The Balaban J connectivity index is 2.48. The van der Waals surface area contributed by atoms with Crippen molar-refractivity contribution >= 4 is 15.9 Å². The van der Waals surface area contributed by atoms with Crippen molar-refractivity contribution in [3.63, 3.8) is 0 Å². The van der Waals surface area contributed by atoms with Crippen LogP contribution in [0.15, 0.2) is 22.8 Å². The normalized spacial score (nSPS) is 12.9. The van der Waals surface area contributed by atoms with Crippen LogP contribution in [0.4, 0.5) is 0 Å². The SMILES string of the molecule is C[C@H](O)CCc1ccc(Br)cn1. The molecule has 3 heteroatoms. The fraction of sp³-hybridized carbons (Fsp3) is 0.444. The van der Waals surface area contributed by atoms with Gasteiger partial charge in [0.2, 0.25) is 0 Å². The van der Waals surface area contributed by atoms with Crippen molar-refractivity contribution in [1.82, 2.24) is 4.98 Å². The summed E-state index contributed by atoms with van der Waals surface area (Å²) in [4.78, 5) is 4.19. The van der Waals surface area contributed by atoms with E-state index in [-0.39, 0.29) is 6.10 Å². The topological polar surface area (TPSA) is 33.1 Å². The van der Waals surface area contributed by atoms with Gasteiger partial charge in [-0.15, -0.1) is 0 Å². The van der Waals surface area contributed by atoms with Gasteiger partial charge in [0.1, 0.15) is 0 Å². The van der Waals surface area contributed by atoms with Crippen molar-refractivity contribution in [3.05, 3.63) is 28.5 Å². The number of nitrogens with zero attached hydrogens (tertiary/aromatic N) is 1. The Hall–Kier alpha value is -0.410. The maximum Gasteiger partial charge on any atom is 0.0515 e. The smallest absolute Gasteiger partial charge is 0.0515 e. The maximum absolute atomic E-state index is 9.03. The minimum Gasteiger partial charge on any atom is -0.393 e. The second kappa shape index (κ2) is 4.58. The third-order valence-corrected chi connectivity index (χ3v) is 2.08. The summed E-state index contributed by atoms with van der Waals surface area (Å²) in [6.07, 6.45) is 3.15. The highest BCUT2D eigenvalue weighted by Gasteiger charge is 1.98. The largest absolute Gasteiger partial charge is 0.393 e. The van der Waals surface area contributed by atoms with Crippen molar-refractivity contribution in [2.45, 2.75) is 25.9 Å². The van der Waals surface area contributed by atoms with Crippen LogP contribution in [-0.4, -0.2) is 16.2 Å². The zero-order valence-corrected chi connectivity index (χ0v) is 8.58. The van der Waals surface area contributed by atoms with Gasteiger partial charge in [0.15, 0.2) is 0 Å². The number of hydrogen-bond donors (Lipinski definition) is 1. The van der Waals surface area contributed by atoms with E-state index in [0.717, 1.165) is 23.0 Å². The Bertz CT molecular complexity index is 233. The number of hydrogen-bond acceptors (Lipinski definition) is 2. The van der Waals surface area contributed by atoms with Crippen LogP contribution in [0, 0.1) is 0 Å². The quantitative estimate of drug-likeness (QED) is 0.863. The lowest BCUT2D eigenvalue weighted by Gasteiger charge is -2.02. The van der Waals surface area contributed by atoms with E-state index in [0.29, 0.717) is 0 Å². The molecule has 1 heterocycles. The van der Waals surface area contributed by atoms with Crippen LogP contribution >= 0.6 is 15.9 Å². The summed E-state index contributed by atoms with van der Waals surface area (Å²) >= 11 is 3.31. The number of rotatable bonds is 3. The van der Waals surface area contributed by atoms with Crippen LogP contribution in [0.3, 0.4) is 0 Å². The van der Waals surface area contributed by atoms with E-state index >= 15 is 0 Å². The molecular formula is C9H12BrNO. The number of aliphatic hydroxyl groups excluding tert-OH is 1. The van der Waals surface area contributed by atoms with E-state index in [1.807, 2.05) is 12.1 Å². The van der Waals surface area contributed by atoms with E-state index in [9.17, 15) is 0 Å². The molecule has 0 radical (unpaired) electrons. The first-order chi connectivity index (χ1) is 5.68. The van der Waals surface area contributed by atoms with E-state index in [2.05, 4.69) is 20.9 Å². The summed E-state index contributed by atoms with van der Waals surface area (Å²) in [6.45, 7) is 1.79. The molecule has 0 aliphatic rings. The van der Waals surface area contributed by atoms with Crippen LogP contribution < -0.4 is 0 Å². The highest BCUT2D eigenvalue weighted by molar-refractivity contribution is 9.10. The fourth-order valence-corrected chi connectivity index (χ4v) is 1.15. The molecule has 0 aromatic carbocycles. The van der Waals surface area contributed by atoms with Crippen LogP contribution in [0.25, 0.3) is 0 Å². The first-order valence-electron chi connectivity index (χ1n) is 3.97. The predicted molar refractivity (Wildman–Crippen MR) is 51.9 cm³/mol. The molecule has 0 spiro atoms. The van der Waals surface area contributed by atoms with Crippen LogP contribution in [0.1, 0.15) is 19.0 Å². The molecule has 1 rings (SSSR count). The van der Waals surface area contributed by atoms with Gasteiger partial charge in [-0.25, -0.2) is 0 Å². The zero-order chi connectivity index (χ0) is 8.97. The Labute approximate surface area is 80.8 Å². The summed E-state index contributed by atoms with van der Waals surface area (Å²) < 4.78 is 0.989. The van der Waals surface area contributed by atoms with Crippen molar-refractivity contribution in [1.29, 1.82) is 0 Å². The Morgan fingerprint density at radius 2 is 2.33 bits per heavy atom. The number of aromatic nitrogens is 1. The monoisotopic (exact) mass is 229 g/mol.